The molecule has 0 fully saturated rings. The molecular weight excluding hydrogens is 414 g/mol. The van der Waals surface area contributed by atoms with Gasteiger partial charge in [-0.05, 0) is 55.9 Å². The fourth-order valence-corrected chi connectivity index (χ4v) is 3.82. The van der Waals surface area contributed by atoms with Crippen LogP contribution in [-0.2, 0) is 6.54 Å². The highest BCUT2D eigenvalue weighted by Gasteiger charge is 2.15. The smallest absolute Gasteiger partial charge is 0.262 e. The molecule has 2 aromatic carbocycles. The highest BCUT2D eigenvalue weighted by molar-refractivity contribution is 9.10. The summed E-state index contributed by atoms with van der Waals surface area (Å²) in [6, 6.07) is 12.6. The third kappa shape index (κ3) is 3.50. The maximum Gasteiger partial charge on any atom is 0.262 e. The Morgan fingerprint density at radius 3 is 2.73 bits per heavy atom. The monoisotopic (exact) mass is 431 g/mol. The minimum atomic E-state index is -0.214. The van der Waals surface area contributed by atoms with Crippen LogP contribution in [0.25, 0.3) is 10.9 Å². The van der Waals surface area contributed by atoms with Gasteiger partial charge in [0.2, 0.25) is 0 Å². The van der Waals surface area contributed by atoms with Crippen molar-refractivity contribution in [2.45, 2.75) is 26.4 Å². The molecule has 0 saturated carbocycles. The summed E-state index contributed by atoms with van der Waals surface area (Å²) in [5, 5.41) is 3.49. The van der Waals surface area contributed by atoms with E-state index in [0.717, 1.165) is 10.0 Å². The SMILES string of the molecule is CCn1c(=S)[nH]c2cc(C(=O)NC(C)c3ccccc3Br)ccc2c1=O. The quantitative estimate of drug-likeness (QED) is 0.603. The molecule has 1 unspecified atom stereocenters. The molecule has 0 aliphatic carbocycles. The molecule has 7 heteroatoms. The van der Waals surface area contributed by atoms with Gasteiger partial charge in [0, 0.05) is 16.6 Å². The summed E-state index contributed by atoms with van der Waals surface area (Å²) in [4.78, 5) is 28.1. The molecule has 1 heterocycles. The van der Waals surface area contributed by atoms with Gasteiger partial charge in [-0.3, -0.25) is 14.2 Å². The van der Waals surface area contributed by atoms with Gasteiger partial charge in [0.25, 0.3) is 11.5 Å². The molecule has 0 radical (unpaired) electrons. The molecule has 134 valence electrons. The topological polar surface area (TPSA) is 66.9 Å². The number of benzene rings is 2. The van der Waals surface area contributed by atoms with Crippen LogP contribution in [0, 0.1) is 4.77 Å². The zero-order valence-electron chi connectivity index (χ0n) is 14.4. The van der Waals surface area contributed by atoms with E-state index >= 15 is 0 Å². The van der Waals surface area contributed by atoms with Gasteiger partial charge in [-0.2, -0.15) is 0 Å². The summed E-state index contributed by atoms with van der Waals surface area (Å²) in [5.74, 6) is -0.214. The third-order valence-corrected chi connectivity index (χ3v) is 5.32. The highest BCUT2D eigenvalue weighted by Crippen LogP contribution is 2.23. The summed E-state index contributed by atoms with van der Waals surface area (Å²) < 4.78 is 2.78. The number of aromatic amines is 1. The van der Waals surface area contributed by atoms with Crippen molar-refractivity contribution in [3.63, 3.8) is 0 Å². The van der Waals surface area contributed by atoms with E-state index in [0.29, 0.717) is 27.8 Å². The van der Waals surface area contributed by atoms with Crippen LogP contribution in [0.5, 0.6) is 0 Å². The van der Waals surface area contributed by atoms with Crippen molar-refractivity contribution < 1.29 is 4.79 Å². The van der Waals surface area contributed by atoms with Crippen molar-refractivity contribution in [1.82, 2.24) is 14.9 Å². The second-order valence-electron chi connectivity index (χ2n) is 5.96. The van der Waals surface area contributed by atoms with Crippen molar-refractivity contribution in [2.75, 3.05) is 0 Å². The second kappa shape index (κ2) is 7.55. The van der Waals surface area contributed by atoms with E-state index in [1.165, 1.54) is 4.57 Å². The Morgan fingerprint density at radius 1 is 1.31 bits per heavy atom. The Hall–Kier alpha value is -2.25. The molecule has 0 spiro atoms. The highest BCUT2D eigenvalue weighted by atomic mass is 79.9. The van der Waals surface area contributed by atoms with Gasteiger partial charge in [0.15, 0.2) is 4.77 Å². The van der Waals surface area contributed by atoms with Gasteiger partial charge in [0.1, 0.15) is 0 Å². The van der Waals surface area contributed by atoms with Gasteiger partial charge in [-0.15, -0.1) is 0 Å². The fourth-order valence-electron chi connectivity index (χ4n) is 2.87. The molecule has 5 nitrogen and oxygen atoms in total. The molecule has 1 atom stereocenters. The first-order valence-electron chi connectivity index (χ1n) is 8.24. The maximum atomic E-state index is 12.6. The molecular formula is C19H18BrN3O2S. The zero-order valence-corrected chi connectivity index (χ0v) is 16.8. The number of nitrogens with zero attached hydrogens (tertiary/aromatic N) is 1. The van der Waals surface area contributed by atoms with Gasteiger partial charge in [0.05, 0.1) is 16.9 Å². The average molecular weight is 432 g/mol. The molecule has 1 aromatic heterocycles. The number of nitrogens with one attached hydrogen (secondary N) is 2. The van der Waals surface area contributed by atoms with Crippen molar-refractivity contribution >= 4 is 45.0 Å². The van der Waals surface area contributed by atoms with E-state index in [4.69, 9.17) is 12.2 Å². The number of rotatable bonds is 4. The minimum Gasteiger partial charge on any atom is -0.345 e. The standard InChI is InChI=1S/C19H18BrN3O2S/c1-3-23-18(25)14-9-8-12(10-16(14)22-19(23)26)17(24)21-11(2)13-6-4-5-7-15(13)20/h4-11H,3H2,1-2H3,(H,21,24)(H,22,26). The van der Waals surface area contributed by atoms with Crippen molar-refractivity contribution in [2.24, 2.45) is 0 Å². The number of halogens is 1. The molecule has 1 amide bonds. The first kappa shape index (κ1) is 18.5. The Labute approximate surface area is 164 Å². The predicted molar refractivity (Wildman–Crippen MR) is 109 cm³/mol. The average Bonchev–Trinajstić information content (AvgIpc) is 2.61. The number of hydrogen-bond acceptors (Lipinski definition) is 3. The summed E-state index contributed by atoms with van der Waals surface area (Å²) in [6.45, 7) is 4.28. The van der Waals surface area contributed by atoms with Crippen LogP contribution < -0.4 is 10.9 Å². The van der Waals surface area contributed by atoms with E-state index in [1.54, 1.807) is 18.2 Å². The first-order valence-corrected chi connectivity index (χ1v) is 9.44. The van der Waals surface area contributed by atoms with Crippen molar-refractivity contribution in [3.8, 4) is 0 Å². The lowest BCUT2D eigenvalue weighted by atomic mass is 10.1. The van der Waals surface area contributed by atoms with Crippen molar-refractivity contribution in [1.29, 1.82) is 0 Å². The third-order valence-electron chi connectivity index (χ3n) is 4.28. The number of carbonyl (C=O) groups excluding carboxylic acids is 1. The second-order valence-corrected chi connectivity index (χ2v) is 7.20. The largest absolute Gasteiger partial charge is 0.345 e. The van der Waals surface area contributed by atoms with Gasteiger partial charge >= 0.3 is 0 Å². The molecule has 26 heavy (non-hydrogen) atoms. The summed E-state index contributed by atoms with van der Waals surface area (Å²) >= 11 is 8.73. The normalized spacial score (nSPS) is 12.1. The van der Waals surface area contributed by atoms with Crippen LogP contribution in [0.3, 0.4) is 0 Å². The number of H-pyrrole nitrogens is 1. The van der Waals surface area contributed by atoms with E-state index < -0.39 is 0 Å². The molecule has 0 saturated heterocycles. The minimum absolute atomic E-state index is 0.153. The molecule has 3 aromatic rings. The summed E-state index contributed by atoms with van der Waals surface area (Å²) in [7, 11) is 0. The van der Waals surface area contributed by atoms with E-state index in [2.05, 4.69) is 26.2 Å². The van der Waals surface area contributed by atoms with Gasteiger partial charge in [-0.1, -0.05) is 34.1 Å². The Morgan fingerprint density at radius 2 is 2.04 bits per heavy atom. The maximum absolute atomic E-state index is 12.6. The molecule has 0 aliphatic heterocycles. The van der Waals surface area contributed by atoms with E-state index in [9.17, 15) is 9.59 Å². The Balaban J connectivity index is 1.93. The zero-order chi connectivity index (χ0) is 18.8. The van der Waals surface area contributed by atoms with Gasteiger partial charge in [-0.25, -0.2) is 0 Å². The number of aromatic nitrogens is 2. The number of fused-ring (bicyclic) bond motifs is 1. The molecule has 2 N–H and O–H groups in total. The molecule has 3 rings (SSSR count). The van der Waals surface area contributed by atoms with Crippen LogP contribution >= 0.6 is 28.1 Å². The number of amides is 1. The summed E-state index contributed by atoms with van der Waals surface area (Å²) in [6.07, 6.45) is 0. The molecule has 0 bridgehead atoms. The van der Waals surface area contributed by atoms with Crippen LogP contribution in [0.2, 0.25) is 0 Å². The van der Waals surface area contributed by atoms with Crippen LogP contribution in [-0.4, -0.2) is 15.5 Å². The van der Waals surface area contributed by atoms with E-state index in [-0.39, 0.29) is 17.5 Å². The van der Waals surface area contributed by atoms with Gasteiger partial charge < -0.3 is 10.3 Å². The summed E-state index contributed by atoms with van der Waals surface area (Å²) in [5.41, 5.74) is 1.87. The lowest BCUT2D eigenvalue weighted by Gasteiger charge is -2.16. The first-order chi connectivity index (χ1) is 12.4. The Kier molecular flexibility index (Phi) is 5.38. The molecule has 0 aliphatic rings. The predicted octanol–water partition coefficient (Wildman–Crippen LogP) is 4.33. The van der Waals surface area contributed by atoms with E-state index in [1.807, 2.05) is 38.1 Å². The number of hydrogen-bond donors (Lipinski definition) is 2. The fraction of sp³-hybridized carbons (Fsp3) is 0.211. The Bertz CT molecular complexity index is 1100. The van der Waals surface area contributed by atoms with Crippen LogP contribution in [0.15, 0.2) is 51.7 Å². The van der Waals surface area contributed by atoms with Crippen molar-refractivity contribution in [3.05, 3.63) is 73.2 Å². The van der Waals surface area contributed by atoms with Crippen LogP contribution in [0.1, 0.15) is 35.8 Å². The lowest BCUT2D eigenvalue weighted by molar-refractivity contribution is 0.0940. The lowest BCUT2D eigenvalue weighted by Crippen LogP contribution is -2.27. The number of carbonyl (C=O) groups is 1. The van der Waals surface area contributed by atoms with Crippen LogP contribution in [0.4, 0.5) is 0 Å².